The summed E-state index contributed by atoms with van der Waals surface area (Å²) in [5.74, 6) is 1.80. The summed E-state index contributed by atoms with van der Waals surface area (Å²) in [5.41, 5.74) is 0. The highest BCUT2D eigenvalue weighted by atomic mass is 32.2. The van der Waals surface area contributed by atoms with Gasteiger partial charge in [-0.25, -0.2) is 0 Å². The molecule has 0 aliphatic heterocycles. The van der Waals surface area contributed by atoms with E-state index in [2.05, 4.69) is 13.8 Å². The van der Waals surface area contributed by atoms with Crippen molar-refractivity contribution in [3.05, 3.63) is 0 Å². The summed E-state index contributed by atoms with van der Waals surface area (Å²) in [5, 5.41) is 48.8. The molecule has 0 heterocycles. The minimum atomic E-state index is -1.55. The Bertz CT molecular complexity index is 283. The van der Waals surface area contributed by atoms with Crippen LogP contribution in [0, 0.1) is 0 Å². The maximum atomic E-state index is 10.5. The molecule has 0 aromatic heterocycles. The van der Waals surface area contributed by atoms with Crippen molar-refractivity contribution in [2.24, 2.45) is 0 Å². The van der Waals surface area contributed by atoms with Gasteiger partial charge in [0, 0.05) is 0 Å². The fraction of sp³-hybridized carbons (Fsp3) is 1.00. The lowest BCUT2D eigenvalue weighted by Crippen LogP contribution is -2.48. The van der Waals surface area contributed by atoms with Gasteiger partial charge in [0.05, 0.1) is 11.2 Å². The number of hydrogen-bond acceptors (Lipinski definition) is 7. The van der Waals surface area contributed by atoms with Crippen LogP contribution in [0.3, 0.4) is 0 Å². The molecule has 0 saturated carbocycles. The summed E-state index contributed by atoms with van der Waals surface area (Å²) in [6.45, 7) is 3.68. The fourth-order valence-electron chi connectivity index (χ4n) is 2.40. The van der Waals surface area contributed by atoms with Crippen molar-refractivity contribution < 1.29 is 25.5 Å². The van der Waals surface area contributed by atoms with Crippen molar-refractivity contribution in [2.45, 2.75) is 94.2 Å². The molecule has 0 aliphatic carbocycles. The van der Waals surface area contributed by atoms with E-state index in [0.717, 1.165) is 37.2 Å². The van der Waals surface area contributed by atoms with Crippen LogP contribution < -0.4 is 0 Å². The summed E-state index contributed by atoms with van der Waals surface area (Å²) >= 11 is 3.21. The highest BCUT2D eigenvalue weighted by molar-refractivity contribution is 8.17. The smallest absolute Gasteiger partial charge is 0.111 e. The number of thioether (sulfide) groups is 2. The Morgan fingerprint density at radius 3 is 1.52 bits per heavy atom. The standard InChI is InChI=1S/C18H38O5S2/c1-3-5-7-9-11-24-18(25-12-10-8-6-4-2)17(23)16(22)15(21)14(20)13-19/h14-23H,3-13H2,1-2H3. The van der Waals surface area contributed by atoms with Crippen LogP contribution in [0.25, 0.3) is 0 Å². The molecule has 0 aromatic carbocycles. The number of rotatable bonds is 17. The molecular formula is C18H38O5S2. The second-order valence-corrected chi connectivity index (χ2v) is 9.25. The Morgan fingerprint density at radius 1 is 0.640 bits per heavy atom. The third-order valence-corrected chi connectivity index (χ3v) is 7.20. The summed E-state index contributed by atoms with van der Waals surface area (Å²) in [6.07, 6.45) is 3.56. The van der Waals surface area contributed by atoms with Gasteiger partial charge in [-0.15, -0.1) is 23.5 Å². The minimum Gasteiger partial charge on any atom is -0.394 e. The first-order valence-electron chi connectivity index (χ1n) is 9.55. The Balaban J connectivity index is 4.50. The average Bonchev–Trinajstić information content (AvgIpc) is 2.63. The van der Waals surface area contributed by atoms with E-state index in [-0.39, 0.29) is 4.58 Å². The van der Waals surface area contributed by atoms with Crippen LogP contribution in [0.5, 0.6) is 0 Å². The molecule has 4 atom stereocenters. The first kappa shape index (κ1) is 25.5. The van der Waals surface area contributed by atoms with Crippen molar-refractivity contribution in [1.82, 2.24) is 0 Å². The van der Waals surface area contributed by atoms with E-state index in [1.165, 1.54) is 25.7 Å². The van der Waals surface area contributed by atoms with Crippen LogP contribution in [-0.4, -0.2) is 72.6 Å². The summed E-state index contributed by atoms with van der Waals surface area (Å²) in [6, 6.07) is 0. The molecule has 5 N–H and O–H groups in total. The van der Waals surface area contributed by atoms with Crippen molar-refractivity contribution in [3.63, 3.8) is 0 Å². The van der Waals surface area contributed by atoms with Crippen molar-refractivity contribution in [2.75, 3.05) is 18.1 Å². The van der Waals surface area contributed by atoms with Crippen LogP contribution in [0.15, 0.2) is 0 Å². The molecule has 0 aliphatic rings. The monoisotopic (exact) mass is 398 g/mol. The van der Waals surface area contributed by atoms with E-state index in [4.69, 9.17) is 5.11 Å². The van der Waals surface area contributed by atoms with Gasteiger partial charge in [0.2, 0.25) is 0 Å². The molecule has 0 bridgehead atoms. The second kappa shape index (κ2) is 16.7. The number of unbranched alkanes of at least 4 members (excludes halogenated alkanes) is 6. The van der Waals surface area contributed by atoms with Crippen LogP contribution in [0.4, 0.5) is 0 Å². The molecule has 0 rings (SSSR count). The lowest BCUT2D eigenvalue weighted by Gasteiger charge is -2.30. The predicted octanol–water partition coefficient (Wildman–Crippen LogP) is 2.38. The van der Waals surface area contributed by atoms with Crippen LogP contribution in [-0.2, 0) is 0 Å². The summed E-state index contributed by atoms with van der Waals surface area (Å²) in [7, 11) is 0. The average molecular weight is 399 g/mol. The zero-order valence-electron chi connectivity index (χ0n) is 15.7. The van der Waals surface area contributed by atoms with E-state index >= 15 is 0 Å². The summed E-state index contributed by atoms with van der Waals surface area (Å²) in [4.78, 5) is 0. The Morgan fingerprint density at radius 2 is 1.12 bits per heavy atom. The first-order chi connectivity index (χ1) is 12.0. The molecule has 5 nitrogen and oxygen atoms in total. The third kappa shape index (κ3) is 11.7. The molecule has 0 fully saturated rings. The molecule has 7 heteroatoms. The molecular weight excluding hydrogens is 360 g/mol. The highest BCUT2D eigenvalue weighted by Crippen LogP contribution is 2.31. The van der Waals surface area contributed by atoms with Gasteiger partial charge in [-0.05, 0) is 24.3 Å². The van der Waals surface area contributed by atoms with Crippen LogP contribution in [0.1, 0.15) is 65.2 Å². The van der Waals surface area contributed by atoms with E-state index in [0.29, 0.717) is 0 Å². The largest absolute Gasteiger partial charge is 0.394 e. The zero-order valence-corrected chi connectivity index (χ0v) is 17.4. The van der Waals surface area contributed by atoms with Gasteiger partial charge in [0.15, 0.2) is 0 Å². The molecule has 0 aromatic rings. The molecule has 152 valence electrons. The highest BCUT2D eigenvalue weighted by Gasteiger charge is 2.35. The normalized spacial score (nSPS) is 16.8. The lowest BCUT2D eigenvalue weighted by atomic mass is 10.0. The number of hydrogen-bond donors (Lipinski definition) is 5. The lowest BCUT2D eigenvalue weighted by molar-refractivity contribution is -0.111. The van der Waals surface area contributed by atoms with Crippen molar-refractivity contribution >= 4 is 23.5 Å². The zero-order chi connectivity index (χ0) is 19.1. The minimum absolute atomic E-state index is 0.251. The van der Waals surface area contributed by atoms with E-state index in [1.807, 2.05) is 0 Å². The van der Waals surface area contributed by atoms with Gasteiger partial charge >= 0.3 is 0 Å². The molecule has 0 spiro atoms. The Labute approximate surface area is 161 Å². The second-order valence-electron chi connectivity index (χ2n) is 6.45. The molecule has 0 amide bonds. The van der Waals surface area contributed by atoms with Gasteiger partial charge < -0.3 is 25.5 Å². The van der Waals surface area contributed by atoms with Crippen LogP contribution in [0.2, 0.25) is 0 Å². The fourth-order valence-corrected chi connectivity index (χ4v) is 5.29. The van der Waals surface area contributed by atoms with Gasteiger partial charge in [0.25, 0.3) is 0 Å². The molecule has 0 saturated heterocycles. The SMILES string of the molecule is CCCCCCSC(SCCCCCC)C(O)C(O)C(O)C(O)CO. The molecule has 25 heavy (non-hydrogen) atoms. The van der Waals surface area contributed by atoms with Crippen molar-refractivity contribution in [3.8, 4) is 0 Å². The Kier molecular flexibility index (Phi) is 17.0. The van der Waals surface area contributed by atoms with Gasteiger partial charge in [0.1, 0.15) is 24.4 Å². The van der Waals surface area contributed by atoms with E-state index in [9.17, 15) is 20.4 Å². The van der Waals surface area contributed by atoms with Gasteiger partial charge in [-0.1, -0.05) is 52.4 Å². The van der Waals surface area contributed by atoms with E-state index < -0.39 is 31.0 Å². The Hall–Kier alpha value is 0.500. The third-order valence-electron chi connectivity index (χ3n) is 4.12. The van der Waals surface area contributed by atoms with E-state index in [1.54, 1.807) is 23.5 Å². The maximum Gasteiger partial charge on any atom is 0.111 e. The quantitative estimate of drug-likeness (QED) is 0.189. The number of aliphatic hydroxyl groups is 5. The maximum absolute atomic E-state index is 10.5. The van der Waals surface area contributed by atoms with Crippen LogP contribution >= 0.6 is 23.5 Å². The topological polar surface area (TPSA) is 101 Å². The number of aliphatic hydroxyl groups excluding tert-OH is 5. The van der Waals surface area contributed by atoms with Gasteiger partial charge in [-0.2, -0.15) is 0 Å². The molecule has 4 unspecified atom stereocenters. The van der Waals surface area contributed by atoms with Crippen molar-refractivity contribution in [1.29, 1.82) is 0 Å². The predicted molar refractivity (Wildman–Crippen MR) is 108 cm³/mol. The summed E-state index contributed by atoms with van der Waals surface area (Å²) < 4.78 is -0.251. The first-order valence-corrected chi connectivity index (χ1v) is 11.7. The molecule has 0 radical (unpaired) electrons. The van der Waals surface area contributed by atoms with Gasteiger partial charge in [-0.3, -0.25) is 0 Å².